The van der Waals surface area contributed by atoms with Crippen LogP contribution in [0.2, 0.25) is 0 Å². The van der Waals surface area contributed by atoms with Crippen molar-refractivity contribution in [2.24, 2.45) is 5.92 Å². The first kappa shape index (κ1) is 21.0. The second-order valence-electron chi connectivity index (χ2n) is 5.32. The summed E-state index contributed by atoms with van der Waals surface area (Å²) >= 11 is 3.64. The average molecular weight is 400 g/mol. The zero-order valence-corrected chi connectivity index (χ0v) is 15.7. The third-order valence-electron chi connectivity index (χ3n) is 4.03. The van der Waals surface area contributed by atoms with Crippen LogP contribution in [0.15, 0.2) is 22.7 Å². The number of nitrogens with zero attached hydrogens (tertiary/aromatic N) is 1. The van der Waals surface area contributed by atoms with Gasteiger partial charge >= 0.3 is 0 Å². The second-order valence-corrected chi connectivity index (χ2v) is 6.18. The molecule has 2 atom stereocenters. The van der Waals surface area contributed by atoms with Crippen molar-refractivity contribution in [2.45, 2.75) is 26.3 Å². The van der Waals surface area contributed by atoms with Crippen LogP contribution in [-0.4, -0.2) is 36.2 Å². The molecular formula is C15H25BrCl2N2O. The normalized spacial score (nSPS) is 18.2. The molecule has 122 valence electrons. The van der Waals surface area contributed by atoms with Gasteiger partial charge in [0.15, 0.2) is 0 Å². The van der Waals surface area contributed by atoms with Gasteiger partial charge < -0.3 is 10.4 Å². The van der Waals surface area contributed by atoms with Gasteiger partial charge in [-0.1, -0.05) is 36.2 Å². The third kappa shape index (κ3) is 5.29. The monoisotopic (exact) mass is 398 g/mol. The smallest absolute Gasteiger partial charge is 0.115 e. The van der Waals surface area contributed by atoms with Gasteiger partial charge in [-0.05, 0) is 29.7 Å². The highest BCUT2D eigenvalue weighted by Crippen LogP contribution is 2.36. The maximum absolute atomic E-state index is 9.79. The summed E-state index contributed by atoms with van der Waals surface area (Å²) in [6.45, 7) is 8.75. The minimum Gasteiger partial charge on any atom is -0.508 e. The number of aromatic hydroxyl groups is 1. The lowest BCUT2D eigenvalue weighted by Gasteiger charge is -2.39. The van der Waals surface area contributed by atoms with Crippen LogP contribution < -0.4 is 5.32 Å². The maximum atomic E-state index is 9.79. The Labute approximate surface area is 148 Å². The van der Waals surface area contributed by atoms with Crippen LogP contribution in [0, 0.1) is 5.92 Å². The van der Waals surface area contributed by atoms with E-state index in [2.05, 4.69) is 40.0 Å². The van der Waals surface area contributed by atoms with Gasteiger partial charge in [0.05, 0.1) is 0 Å². The first-order valence-electron chi connectivity index (χ1n) is 7.06. The highest BCUT2D eigenvalue weighted by atomic mass is 79.9. The molecule has 1 heterocycles. The highest BCUT2D eigenvalue weighted by molar-refractivity contribution is 9.10. The Morgan fingerprint density at radius 3 is 2.48 bits per heavy atom. The number of halogens is 3. The van der Waals surface area contributed by atoms with E-state index in [4.69, 9.17) is 0 Å². The topological polar surface area (TPSA) is 35.5 Å². The van der Waals surface area contributed by atoms with E-state index in [-0.39, 0.29) is 24.8 Å². The molecule has 2 N–H and O–H groups in total. The van der Waals surface area contributed by atoms with Gasteiger partial charge in [0.1, 0.15) is 5.75 Å². The van der Waals surface area contributed by atoms with Crippen LogP contribution in [0.1, 0.15) is 31.9 Å². The van der Waals surface area contributed by atoms with Crippen molar-refractivity contribution in [3.05, 3.63) is 28.2 Å². The number of rotatable bonds is 4. The molecule has 1 unspecified atom stereocenters. The summed E-state index contributed by atoms with van der Waals surface area (Å²) in [7, 11) is 0. The summed E-state index contributed by atoms with van der Waals surface area (Å²) in [5.74, 6) is 0.915. The summed E-state index contributed by atoms with van der Waals surface area (Å²) in [5, 5.41) is 13.2. The van der Waals surface area contributed by atoms with Crippen LogP contribution in [-0.2, 0) is 0 Å². The molecule has 1 fully saturated rings. The standard InChI is InChI=1S/C15H23BrN2O.2ClH/c1-3-11(2)15(18-8-6-17-7-9-18)13-10-12(19)4-5-14(13)16;;/h4-5,10-11,15,17,19H,3,6-9H2,1-2H3;2*1H/t11?,15-;;/m0../s1. The minimum atomic E-state index is 0. The number of hydrogen-bond donors (Lipinski definition) is 2. The van der Waals surface area contributed by atoms with E-state index in [0.29, 0.717) is 17.7 Å². The molecule has 0 radical (unpaired) electrons. The molecule has 1 aliphatic rings. The first-order valence-corrected chi connectivity index (χ1v) is 7.86. The van der Waals surface area contributed by atoms with E-state index < -0.39 is 0 Å². The minimum absolute atomic E-state index is 0. The summed E-state index contributed by atoms with van der Waals surface area (Å²) < 4.78 is 1.09. The number of piperazine rings is 1. The van der Waals surface area contributed by atoms with Gasteiger partial charge in [-0.15, -0.1) is 24.8 Å². The number of hydrogen-bond acceptors (Lipinski definition) is 3. The Morgan fingerprint density at radius 1 is 1.29 bits per heavy atom. The first-order chi connectivity index (χ1) is 9.13. The van der Waals surface area contributed by atoms with Gasteiger partial charge in [0, 0.05) is 36.7 Å². The zero-order chi connectivity index (χ0) is 13.8. The van der Waals surface area contributed by atoms with Gasteiger partial charge in [0.2, 0.25) is 0 Å². The Morgan fingerprint density at radius 2 is 1.90 bits per heavy atom. The summed E-state index contributed by atoms with van der Waals surface area (Å²) in [5.41, 5.74) is 1.20. The van der Waals surface area contributed by atoms with Crippen molar-refractivity contribution >= 4 is 40.7 Å². The molecule has 3 nitrogen and oxygen atoms in total. The fourth-order valence-electron chi connectivity index (χ4n) is 2.80. The van der Waals surface area contributed by atoms with Crippen LogP contribution in [0.5, 0.6) is 5.75 Å². The molecule has 1 aromatic carbocycles. The molecule has 0 bridgehead atoms. The molecular weight excluding hydrogens is 375 g/mol. The lowest BCUT2D eigenvalue weighted by molar-refractivity contribution is 0.128. The van der Waals surface area contributed by atoms with E-state index in [0.717, 1.165) is 37.1 Å². The lowest BCUT2D eigenvalue weighted by Crippen LogP contribution is -2.46. The Bertz CT molecular complexity index is 428. The predicted octanol–water partition coefficient (Wildman–Crippen LogP) is 3.99. The molecule has 1 saturated heterocycles. The molecule has 2 rings (SSSR count). The third-order valence-corrected chi connectivity index (χ3v) is 4.75. The largest absolute Gasteiger partial charge is 0.508 e. The van der Waals surface area contributed by atoms with Gasteiger partial charge in [-0.25, -0.2) is 0 Å². The van der Waals surface area contributed by atoms with Crippen molar-refractivity contribution < 1.29 is 5.11 Å². The predicted molar refractivity (Wildman–Crippen MR) is 96.9 cm³/mol. The number of phenols is 1. The SMILES string of the molecule is CCC(C)[C@@H](c1cc(O)ccc1Br)N1CCNCC1.Cl.Cl. The summed E-state index contributed by atoms with van der Waals surface area (Å²) in [6, 6.07) is 5.96. The fourth-order valence-corrected chi connectivity index (χ4v) is 3.29. The van der Waals surface area contributed by atoms with Gasteiger partial charge in [0.25, 0.3) is 0 Å². The van der Waals surface area contributed by atoms with Crippen molar-refractivity contribution in [3.8, 4) is 5.75 Å². The summed E-state index contributed by atoms with van der Waals surface area (Å²) in [6.07, 6.45) is 1.14. The molecule has 21 heavy (non-hydrogen) atoms. The molecule has 0 saturated carbocycles. The van der Waals surface area contributed by atoms with Crippen molar-refractivity contribution in [1.29, 1.82) is 0 Å². The zero-order valence-electron chi connectivity index (χ0n) is 12.5. The van der Waals surface area contributed by atoms with Gasteiger partial charge in [-0.3, -0.25) is 4.90 Å². The molecule has 6 heteroatoms. The highest BCUT2D eigenvalue weighted by Gasteiger charge is 2.28. The maximum Gasteiger partial charge on any atom is 0.115 e. The summed E-state index contributed by atoms with van der Waals surface area (Å²) in [4.78, 5) is 2.53. The Balaban J connectivity index is 0.00000200. The molecule has 0 amide bonds. The number of phenolic OH excluding ortho intramolecular Hbond substituents is 1. The van der Waals surface area contributed by atoms with E-state index >= 15 is 0 Å². The van der Waals surface area contributed by atoms with Crippen LogP contribution in [0.25, 0.3) is 0 Å². The quantitative estimate of drug-likeness (QED) is 0.803. The van der Waals surface area contributed by atoms with Crippen LogP contribution >= 0.6 is 40.7 Å². The van der Waals surface area contributed by atoms with E-state index in [9.17, 15) is 5.11 Å². The van der Waals surface area contributed by atoms with E-state index in [1.807, 2.05) is 12.1 Å². The molecule has 0 aromatic heterocycles. The van der Waals surface area contributed by atoms with Crippen molar-refractivity contribution in [1.82, 2.24) is 10.2 Å². The van der Waals surface area contributed by atoms with Crippen LogP contribution in [0.4, 0.5) is 0 Å². The Kier molecular flexibility index (Phi) is 9.90. The van der Waals surface area contributed by atoms with Crippen molar-refractivity contribution in [3.63, 3.8) is 0 Å². The molecule has 0 spiro atoms. The molecule has 1 aromatic rings. The number of nitrogens with one attached hydrogen (secondary N) is 1. The fraction of sp³-hybridized carbons (Fsp3) is 0.600. The molecule has 1 aliphatic heterocycles. The average Bonchev–Trinajstić information content (AvgIpc) is 2.44. The van der Waals surface area contributed by atoms with Crippen molar-refractivity contribution in [2.75, 3.05) is 26.2 Å². The Hall–Kier alpha value is -0.000000000000000222. The van der Waals surface area contributed by atoms with Crippen LogP contribution in [0.3, 0.4) is 0 Å². The second kappa shape index (κ2) is 9.90. The van der Waals surface area contributed by atoms with E-state index in [1.165, 1.54) is 5.56 Å². The van der Waals surface area contributed by atoms with E-state index in [1.54, 1.807) is 6.07 Å². The van der Waals surface area contributed by atoms with Gasteiger partial charge in [-0.2, -0.15) is 0 Å². The number of benzene rings is 1. The lowest BCUT2D eigenvalue weighted by atomic mass is 9.90. The molecule has 0 aliphatic carbocycles.